The van der Waals surface area contributed by atoms with E-state index in [4.69, 9.17) is 10.2 Å². The van der Waals surface area contributed by atoms with Crippen LogP contribution in [0.4, 0.5) is 12.0 Å². The number of anilines is 2. The summed E-state index contributed by atoms with van der Waals surface area (Å²) in [4.78, 5) is 15.1. The maximum absolute atomic E-state index is 11.8. The number of rotatable bonds is 5. The third-order valence-electron chi connectivity index (χ3n) is 2.25. The zero-order valence-corrected chi connectivity index (χ0v) is 9.80. The van der Waals surface area contributed by atoms with Crippen LogP contribution in [0.15, 0.2) is 4.42 Å². The van der Waals surface area contributed by atoms with Gasteiger partial charge in [0.2, 0.25) is 5.91 Å². The molecule has 2 N–H and O–H groups in total. The average Bonchev–Trinajstić information content (AvgIpc) is 2.66. The van der Waals surface area contributed by atoms with Crippen LogP contribution in [0, 0.1) is 0 Å². The van der Waals surface area contributed by atoms with Gasteiger partial charge in [-0.2, -0.15) is 0 Å². The van der Waals surface area contributed by atoms with Crippen LogP contribution < -0.4 is 10.6 Å². The Balaban J connectivity index is 2.57. The van der Waals surface area contributed by atoms with Gasteiger partial charge in [0.15, 0.2) is 0 Å². The molecule has 90 valence electrons. The summed E-state index contributed by atoms with van der Waals surface area (Å²) < 4.78 is 5.00. The molecule has 7 nitrogen and oxygen atoms in total. The Hall–Kier alpha value is -1.79. The van der Waals surface area contributed by atoms with Crippen LogP contribution >= 0.6 is 0 Å². The first-order valence-electron chi connectivity index (χ1n) is 5.16. The van der Waals surface area contributed by atoms with Crippen molar-refractivity contribution in [3.63, 3.8) is 0 Å². The molecule has 0 saturated heterocycles. The fourth-order valence-corrected chi connectivity index (χ4v) is 1.33. The number of aromatic nitrogens is 2. The minimum absolute atomic E-state index is 0.00265. The molecule has 7 heteroatoms. The van der Waals surface area contributed by atoms with Crippen LogP contribution in [-0.2, 0) is 4.79 Å². The van der Waals surface area contributed by atoms with E-state index in [9.17, 15) is 4.79 Å². The average molecular weight is 227 g/mol. The first kappa shape index (κ1) is 12.3. The summed E-state index contributed by atoms with van der Waals surface area (Å²) in [5.41, 5.74) is 5.30. The van der Waals surface area contributed by atoms with Crippen molar-refractivity contribution in [3.8, 4) is 0 Å². The highest BCUT2D eigenvalue weighted by atomic mass is 16.4. The van der Waals surface area contributed by atoms with Gasteiger partial charge in [0.1, 0.15) is 6.54 Å². The lowest BCUT2D eigenvalue weighted by Crippen LogP contribution is -2.38. The Morgan fingerprint density at radius 1 is 1.38 bits per heavy atom. The van der Waals surface area contributed by atoms with Crippen molar-refractivity contribution in [2.24, 2.45) is 0 Å². The molecule has 0 fully saturated rings. The monoisotopic (exact) mass is 227 g/mol. The predicted octanol–water partition coefficient (Wildman–Crippen LogP) is -0.0436. The van der Waals surface area contributed by atoms with Crippen molar-refractivity contribution < 1.29 is 9.21 Å². The zero-order valence-electron chi connectivity index (χ0n) is 9.80. The number of nitrogens with zero attached hydrogens (tertiary/aromatic N) is 4. The van der Waals surface area contributed by atoms with Gasteiger partial charge in [-0.15, -0.1) is 0 Å². The van der Waals surface area contributed by atoms with E-state index in [1.807, 2.05) is 13.8 Å². The van der Waals surface area contributed by atoms with Crippen LogP contribution in [-0.4, -0.2) is 47.7 Å². The summed E-state index contributed by atoms with van der Waals surface area (Å²) in [6.07, 6.45) is 0. The minimum atomic E-state index is -0.00265. The Morgan fingerprint density at radius 3 is 2.44 bits per heavy atom. The van der Waals surface area contributed by atoms with Gasteiger partial charge in [0.05, 0.1) is 0 Å². The third kappa shape index (κ3) is 2.85. The molecule has 0 unspecified atom stereocenters. The van der Waals surface area contributed by atoms with E-state index in [0.717, 1.165) is 0 Å². The fourth-order valence-electron chi connectivity index (χ4n) is 1.33. The molecule has 1 rings (SSSR count). The van der Waals surface area contributed by atoms with Gasteiger partial charge in [-0.1, -0.05) is 10.2 Å². The molecule has 0 atom stereocenters. The molecule has 0 aliphatic heterocycles. The third-order valence-corrected chi connectivity index (χ3v) is 2.25. The number of amides is 1. The SMILES string of the molecule is CCN(CC)C(=O)CN(C)c1nnc(N)o1. The lowest BCUT2D eigenvalue weighted by molar-refractivity contribution is -0.129. The molecule has 1 amide bonds. The molecule has 1 aromatic rings. The molecule has 1 aromatic heterocycles. The van der Waals surface area contributed by atoms with Crippen molar-refractivity contribution >= 4 is 17.9 Å². The topological polar surface area (TPSA) is 88.5 Å². The van der Waals surface area contributed by atoms with Crippen LogP contribution in [0.5, 0.6) is 0 Å². The summed E-state index contributed by atoms with van der Waals surface area (Å²) in [7, 11) is 1.70. The van der Waals surface area contributed by atoms with Crippen molar-refractivity contribution in [2.75, 3.05) is 37.3 Å². The van der Waals surface area contributed by atoms with E-state index in [-0.39, 0.29) is 24.5 Å². The molecular weight excluding hydrogens is 210 g/mol. The normalized spacial score (nSPS) is 10.2. The summed E-state index contributed by atoms with van der Waals surface area (Å²) in [5, 5.41) is 7.22. The molecule has 0 radical (unpaired) electrons. The highest BCUT2D eigenvalue weighted by Crippen LogP contribution is 2.10. The number of nitrogens with two attached hydrogens (primary N) is 1. The summed E-state index contributed by atoms with van der Waals surface area (Å²) in [5.74, 6) is 0.0178. The van der Waals surface area contributed by atoms with Gasteiger partial charge in [0, 0.05) is 20.1 Å². The number of nitrogen functional groups attached to an aromatic ring is 1. The van der Waals surface area contributed by atoms with E-state index >= 15 is 0 Å². The van der Waals surface area contributed by atoms with Gasteiger partial charge < -0.3 is 20.0 Å². The maximum Gasteiger partial charge on any atom is 0.319 e. The molecule has 0 aliphatic rings. The van der Waals surface area contributed by atoms with Crippen molar-refractivity contribution in [3.05, 3.63) is 0 Å². The number of carbonyl (C=O) groups is 1. The van der Waals surface area contributed by atoms with Crippen molar-refractivity contribution in [1.29, 1.82) is 0 Å². The largest absolute Gasteiger partial charge is 0.390 e. The Morgan fingerprint density at radius 2 is 2.00 bits per heavy atom. The van der Waals surface area contributed by atoms with Crippen LogP contribution in [0.25, 0.3) is 0 Å². The van der Waals surface area contributed by atoms with Crippen LogP contribution in [0.3, 0.4) is 0 Å². The van der Waals surface area contributed by atoms with E-state index in [1.165, 1.54) is 0 Å². The predicted molar refractivity (Wildman–Crippen MR) is 59.9 cm³/mol. The van der Waals surface area contributed by atoms with E-state index in [0.29, 0.717) is 13.1 Å². The van der Waals surface area contributed by atoms with Crippen molar-refractivity contribution in [2.45, 2.75) is 13.8 Å². The highest BCUT2D eigenvalue weighted by Gasteiger charge is 2.16. The minimum Gasteiger partial charge on any atom is -0.390 e. The number of likely N-dealkylation sites (N-methyl/N-ethyl adjacent to an activating group) is 2. The number of hydrogen-bond acceptors (Lipinski definition) is 6. The summed E-state index contributed by atoms with van der Waals surface area (Å²) >= 11 is 0. The Kier molecular flexibility index (Phi) is 4.10. The van der Waals surface area contributed by atoms with E-state index in [2.05, 4.69) is 10.2 Å². The molecule has 16 heavy (non-hydrogen) atoms. The first-order valence-corrected chi connectivity index (χ1v) is 5.16. The molecule has 0 aromatic carbocycles. The second-order valence-corrected chi connectivity index (χ2v) is 3.34. The van der Waals surface area contributed by atoms with E-state index < -0.39 is 0 Å². The number of hydrogen-bond donors (Lipinski definition) is 1. The second kappa shape index (κ2) is 5.34. The highest BCUT2D eigenvalue weighted by molar-refractivity contribution is 5.80. The standard InChI is InChI=1S/C9H17N5O2/c1-4-14(5-2)7(15)6-13(3)9-12-11-8(10)16-9/h4-6H2,1-3H3,(H2,10,11). The number of carbonyl (C=O) groups excluding carboxylic acids is 1. The smallest absolute Gasteiger partial charge is 0.319 e. The Labute approximate surface area is 94.2 Å². The van der Waals surface area contributed by atoms with Gasteiger partial charge in [-0.3, -0.25) is 4.79 Å². The summed E-state index contributed by atoms with van der Waals surface area (Å²) in [6.45, 7) is 5.45. The molecule has 0 aliphatic carbocycles. The Bertz CT molecular complexity index is 347. The van der Waals surface area contributed by atoms with Crippen molar-refractivity contribution in [1.82, 2.24) is 15.1 Å². The maximum atomic E-state index is 11.8. The zero-order chi connectivity index (χ0) is 12.1. The molecule has 0 saturated carbocycles. The lowest BCUT2D eigenvalue weighted by atomic mass is 10.4. The molecule has 1 heterocycles. The van der Waals surface area contributed by atoms with E-state index in [1.54, 1.807) is 16.8 Å². The quantitative estimate of drug-likeness (QED) is 0.759. The molecule has 0 spiro atoms. The van der Waals surface area contributed by atoms with Gasteiger partial charge in [-0.25, -0.2) is 0 Å². The first-order chi connectivity index (χ1) is 7.58. The fraction of sp³-hybridized carbons (Fsp3) is 0.667. The summed E-state index contributed by atoms with van der Waals surface area (Å²) in [6, 6.07) is 0.246. The van der Waals surface area contributed by atoms with Gasteiger partial charge >= 0.3 is 12.0 Å². The van der Waals surface area contributed by atoms with Gasteiger partial charge in [0.25, 0.3) is 0 Å². The molecular formula is C9H17N5O2. The van der Waals surface area contributed by atoms with Crippen LogP contribution in [0.1, 0.15) is 13.8 Å². The van der Waals surface area contributed by atoms with Gasteiger partial charge in [-0.05, 0) is 13.8 Å². The second-order valence-electron chi connectivity index (χ2n) is 3.34. The lowest BCUT2D eigenvalue weighted by Gasteiger charge is -2.21. The molecule has 0 bridgehead atoms. The van der Waals surface area contributed by atoms with Crippen LogP contribution in [0.2, 0.25) is 0 Å².